The van der Waals surface area contributed by atoms with Gasteiger partial charge in [-0.25, -0.2) is 9.37 Å². The third-order valence-corrected chi connectivity index (χ3v) is 6.61. The molecule has 0 radical (unpaired) electrons. The van der Waals surface area contributed by atoms with E-state index in [-0.39, 0.29) is 11.5 Å². The lowest BCUT2D eigenvalue weighted by molar-refractivity contribution is 0.0644. The number of nitrogens with zero attached hydrogens (tertiary/aromatic N) is 4. The van der Waals surface area contributed by atoms with E-state index in [1.165, 1.54) is 16.7 Å². The van der Waals surface area contributed by atoms with Crippen LogP contribution in [0, 0.1) is 5.82 Å². The molecule has 1 unspecified atom stereocenters. The summed E-state index contributed by atoms with van der Waals surface area (Å²) >= 11 is 0. The highest BCUT2D eigenvalue weighted by atomic mass is 19.1. The van der Waals surface area contributed by atoms with Crippen LogP contribution in [-0.2, 0) is 6.42 Å². The van der Waals surface area contributed by atoms with Crippen LogP contribution in [0.3, 0.4) is 0 Å². The number of amides is 1. The molecule has 3 aromatic carbocycles. The van der Waals surface area contributed by atoms with Crippen molar-refractivity contribution in [3.8, 4) is 5.69 Å². The van der Waals surface area contributed by atoms with Gasteiger partial charge in [0.25, 0.3) is 11.5 Å². The maximum Gasteiger partial charge on any atom is 0.266 e. The first-order valence-electron chi connectivity index (χ1n) is 12.7. The van der Waals surface area contributed by atoms with E-state index in [2.05, 4.69) is 6.92 Å². The van der Waals surface area contributed by atoms with Crippen molar-refractivity contribution in [1.29, 1.82) is 0 Å². The quantitative estimate of drug-likeness (QED) is 0.315. The van der Waals surface area contributed by atoms with Gasteiger partial charge in [-0.15, -0.1) is 0 Å². The molecule has 4 aromatic rings. The molecule has 0 aliphatic heterocycles. The van der Waals surface area contributed by atoms with Crippen LogP contribution in [-0.4, -0.2) is 52.4 Å². The Morgan fingerprint density at radius 1 is 0.946 bits per heavy atom. The van der Waals surface area contributed by atoms with Crippen LogP contribution in [0.4, 0.5) is 4.39 Å². The van der Waals surface area contributed by atoms with Gasteiger partial charge in [0, 0.05) is 18.7 Å². The maximum atomic E-state index is 13.9. The Kier molecular flexibility index (Phi) is 8.14. The van der Waals surface area contributed by atoms with Crippen LogP contribution >= 0.6 is 0 Å². The van der Waals surface area contributed by atoms with Crippen LogP contribution in [0.2, 0.25) is 0 Å². The van der Waals surface area contributed by atoms with Crippen LogP contribution in [0.5, 0.6) is 0 Å². The second kappa shape index (κ2) is 11.5. The Labute approximate surface area is 217 Å². The Balaban J connectivity index is 1.91. The van der Waals surface area contributed by atoms with Crippen molar-refractivity contribution in [3.63, 3.8) is 0 Å². The monoisotopic (exact) mass is 500 g/mol. The first kappa shape index (κ1) is 26.2. The number of benzene rings is 3. The lowest BCUT2D eigenvalue weighted by Crippen LogP contribution is -2.41. The molecule has 192 valence electrons. The molecular weight excluding hydrogens is 467 g/mol. The van der Waals surface area contributed by atoms with Crippen molar-refractivity contribution >= 4 is 16.8 Å². The van der Waals surface area contributed by atoms with Gasteiger partial charge in [0.1, 0.15) is 11.6 Å². The fourth-order valence-electron chi connectivity index (χ4n) is 4.51. The Bertz CT molecular complexity index is 1430. The van der Waals surface area contributed by atoms with Crippen molar-refractivity contribution in [3.05, 3.63) is 106 Å². The summed E-state index contributed by atoms with van der Waals surface area (Å²) in [6, 6.07) is 20.1. The number of rotatable bonds is 9. The number of para-hydroxylation sites is 1. The van der Waals surface area contributed by atoms with Gasteiger partial charge in [-0.05, 0) is 81.0 Å². The van der Waals surface area contributed by atoms with Gasteiger partial charge in [-0.1, -0.05) is 38.1 Å². The Morgan fingerprint density at radius 3 is 2.24 bits per heavy atom. The molecule has 1 aromatic heterocycles. The minimum absolute atomic E-state index is 0.121. The summed E-state index contributed by atoms with van der Waals surface area (Å²) in [6.07, 6.45) is 1.43. The van der Waals surface area contributed by atoms with Crippen molar-refractivity contribution in [1.82, 2.24) is 19.4 Å². The van der Waals surface area contributed by atoms with Gasteiger partial charge in [-0.2, -0.15) is 0 Å². The van der Waals surface area contributed by atoms with E-state index < -0.39 is 11.9 Å². The topological polar surface area (TPSA) is 58.4 Å². The van der Waals surface area contributed by atoms with E-state index in [0.717, 1.165) is 12.0 Å². The molecule has 0 aliphatic rings. The minimum Gasteiger partial charge on any atom is -0.327 e. The van der Waals surface area contributed by atoms with Crippen molar-refractivity contribution in [2.75, 3.05) is 27.2 Å². The molecule has 4 rings (SSSR count). The van der Waals surface area contributed by atoms with Crippen LogP contribution < -0.4 is 5.56 Å². The van der Waals surface area contributed by atoms with E-state index >= 15 is 0 Å². The fraction of sp³-hybridized carbons (Fsp3) is 0.300. The highest BCUT2D eigenvalue weighted by Gasteiger charge is 2.29. The van der Waals surface area contributed by atoms with Gasteiger partial charge in [-0.3, -0.25) is 14.2 Å². The summed E-state index contributed by atoms with van der Waals surface area (Å²) in [7, 11) is 3.92. The van der Waals surface area contributed by atoms with Gasteiger partial charge >= 0.3 is 0 Å². The Morgan fingerprint density at radius 2 is 1.62 bits per heavy atom. The highest BCUT2D eigenvalue weighted by molar-refractivity contribution is 5.94. The predicted molar refractivity (Wildman–Crippen MR) is 146 cm³/mol. The van der Waals surface area contributed by atoms with E-state index in [1.807, 2.05) is 56.3 Å². The van der Waals surface area contributed by atoms with E-state index in [9.17, 15) is 14.0 Å². The molecule has 1 atom stereocenters. The van der Waals surface area contributed by atoms with E-state index in [4.69, 9.17) is 4.98 Å². The molecule has 0 saturated carbocycles. The minimum atomic E-state index is -0.485. The zero-order chi connectivity index (χ0) is 26.5. The summed E-state index contributed by atoms with van der Waals surface area (Å²) in [5, 5.41) is 0.465. The average Bonchev–Trinajstić information content (AvgIpc) is 2.91. The number of fused-ring (bicyclic) bond motifs is 1. The molecule has 0 spiro atoms. The van der Waals surface area contributed by atoms with Gasteiger partial charge in [0.15, 0.2) is 0 Å². The number of halogens is 1. The molecule has 37 heavy (non-hydrogen) atoms. The summed E-state index contributed by atoms with van der Waals surface area (Å²) < 4.78 is 15.3. The molecule has 1 amide bonds. The van der Waals surface area contributed by atoms with Gasteiger partial charge in [0.2, 0.25) is 0 Å². The van der Waals surface area contributed by atoms with Crippen molar-refractivity contribution in [2.45, 2.75) is 32.7 Å². The summed E-state index contributed by atoms with van der Waals surface area (Å²) in [5.41, 5.74) is 2.56. The maximum absolute atomic E-state index is 13.9. The summed E-state index contributed by atoms with van der Waals surface area (Å²) in [4.78, 5) is 36.4. The fourth-order valence-corrected chi connectivity index (χ4v) is 4.51. The molecule has 0 bridgehead atoms. The van der Waals surface area contributed by atoms with Gasteiger partial charge < -0.3 is 9.80 Å². The number of carbonyl (C=O) groups is 1. The first-order valence-corrected chi connectivity index (χ1v) is 12.7. The lowest BCUT2D eigenvalue weighted by Gasteiger charge is -2.33. The molecule has 6 nitrogen and oxygen atoms in total. The molecule has 0 saturated heterocycles. The molecular formula is C30H33FN4O2. The van der Waals surface area contributed by atoms with Crippen molar-refractivity contribution < 1.29 is 9.18 Å². The van der Waals surface area contributed by atoms with Gasteiger partial charge in [0.05, 0.1) is 22.6 Å². The van der Waals surface area contributed by atoms with E-state index in [0.29, 0.717) is 47.5 Å². The molecule has 7 heteroatoms. The number of hydrogen-bond donors (Lipinski definition) is 0. The zero-order valence-corrected chi connectivity index (χ0v) is 21.8. The smallest absolute Gasteiger partial charge is 0.266 e. The standard InChI is InChI=1S/C30H33FN4O2/c1-5-21-11-13-22(14-12-21)29(36)34(20-19-33(3)4)27(6-2)28-32-26-10-8-7-9-25(26)30(37)35(28)24-17-15-23(31)16-18-24/h7-18,27H,5-6,19-20H2,1-4H3. The summed E-state index contributed by atoms with van der Waals surface area (Å²) in [6.45, 7) is 5.15. The second-order valence-electron chi connectivity index (χ2n) is 9.38. The average molecular weight is 501 g/mol. The number of hydrogen-bond acceptors (Lipinski definition) is 4. The SMILES string of the molecule is CCc1ccc(C(=O)N(CCN(C)C)C(CC)c2nc3ccccc3c(=O)n2-c2ccc(F)cc2)cc1. The Hall–Kier alpha value is -3.84. The van der Waals surface area contributed by atoms with E-state index in [1.54, 1.807) is 35.2 Å². The molecule has 0 fully saturated rings. The third-order valence-electron chi connectivity index (χ3n) is 6.61. The number of carbonyl (C=O) groups excluding carboxylic acids is 1. The van der Waals surface area contributed by atoms with Crippen LogP contribution in [0.25, 0.3) is 16.6 Å². The zero-order valence-electron chi connectivity index (χ0n) is 21.8. The lowest BCUT2D eigenvalue weighted by atomic mass is 10.1. The first-order chi connectivity index (χ1) is 17.8. The predicted octanol–water partition coefficient (Wildman–Crippen LogP) is 5.24. The third kappa shape index (κ3) is 5.62. The highest BCUT2D eigenvalue weighted by Crippen LogP contribution is 2.27. The molecule has 1 heterocycles. The number of aromatic nitrogens is 2. The van der Waals surface area contributed by atoms with Crippen LogP contribution in [0.1, 0.15) is 48.1 Å². The summed E-state index contributed by atoms with van der Waals surface area (Å²) in [5.74, 6) is -0.0584. The molecule has 0 N–H and O–H groups in total. The molecule has 0 aliphatic carbocycles. The largest absolute Gasteiger partial charge is 0.327 e. The number of aryl methyl sites for hydroxylation is 1. The second-order valence-corrected chi connectivity index (χ2v) is 9.38. The van der Waals surface area contributed by atoms with Crippen molar-refractivity contribution in [2.24, 2.45) is 0 Å². The normalized spacial score (nSPS) is 12.2. The number of likely N-dealkylation sites (N-methyl/N-ethyl adjacent to an activating group) is 1. The van der Waals surface area contributed by atoms with Crippen LogP contribution in [0.15, 0.2) is 77.6 Å².